The SMILES string of the molecule is Cc1c(C)n(CCCN2CCN(C)CC2)c2ccc(Oc3ccc(C(=O)N4CCN(CCc5ccc(F)cc5)CC4)cc3)cc12. The average molecular weight is 612 g/mol. The molecule has 6 rings (SSSR count). The molecule has 0 unspecified atom stereocenters. The van der Waals surface area contributed by atoms with Crippen LogP contribution in [-0.2, 0) is 13.0 Å². The standard InChI is InChI=1S/C37H46FN5O2/c1-28-29(2)43(17-4-16-40-21-19-39(3)20-22-40)36-14-13-34(27-35(28)36)45-33-11-7-31(8-12-33)37(44)42-25-23-41(24-26-42)18-15-30-5-9-32(38)10-6-30/h5-14,27H,4,15-26H2,1-3H3. The Bertz CT molecular complexity index is 1580. The lowest BCUT2D eigenvalue weighted by atomic mass is 10.1. The average Bonchev–Trinajstić information content (AvgIpc) is 3.30. The maximum absolute atomic E-state index is 13.2. The molecule has 0 N–H and O–H groups in total. The third-order valence-corrected chi connectivity index (χ3v) is 9.69. The lowest BCUT2D eigenvalue weighted by molar-refractivity contribution is 0.0638. The molecule has 45 heavy (non-hydrogen) atoms. The van der Waals surface area contributed by atoms with E-state index in [9.17, 15) is 9.18 Å². The summed E-state index contributed by atoms with van der Waals surface area (Å²) in [6, 6.07) is 20.6. The first-order chi connectivity index (χ1) is 21.8. The zero-order chi connectivity index (χ0) is 31.3. The molecular weight excluding hydrogens is 565 g/mol. The highest BCUT2D eigenvalue weighted by atomic mass is 19.1. The van der Waals surface area contributed by atoms with E-state index < -0.39 is 0 Å². The second kappa shape index (κ2) is 14.1. The number of likely N-dealkylation sites (N-methyl/N-ethyl adjacent to an activating group) is 1. The molecule has 2 aliphatic rings. The van der Waals surface area contributed by atoms with Crippen molar-refractivity contribution in [1.29, 1.82) is 0 Å². The molecule has 2 saturated heterocycles. The Balaban J connectivity index is 1.01. The normalized spacial score (nSPS) is 16.8. The number of carbonyl (C=O) groups is 1. The topological polar surface area (TPSA) is 44.2 Å². The molecule has 238 valence electrons. The highest BCUT2D eigenvalue weighted by Crippen LogP contribution is 2.31. The Kier molecular flexibility index (Phi) is 9.83. The van der Waals surface area contributed by atoms with Gasteiger partial charge in [-0.3, -0.25) is 9.69 Å². The van der Waals surface area contributed by atoms with Gasteiger partial charge in [-0.2, -0.15) is 0 Å². The third kappa shape index (κ3) is 7.57. The van der Waals surface area contributed by atoms with E-state index in [2.05, 4.69) is 52.3 Å². The van der Waals surface area contributed by atoms with E-state index in [1.807, 2.05) is 47.4 Å². The van der Waals surface area contributed by atoms with Gasteiger partial charge in [-0.1, -0.05) is 12.1 Å². The van der Waals surface area contributed by atoms with Gasteiger partial charge in [0.25, 0.3) is 5.91 Å². The predicted octanol–water partition coefficient (Wildman–Crippen LogP) is 5.83. The highest BCUT2D eigenvalue weighted by molar-refractivity contribution is 5.94. The fourth-order valence-electron chi connectivity index (χ4n) is 6.60. The van der Waals surface area contributed by atoms with Crippen LogP contribution < -0.4 is 4.74 Å². The molecule has 0 atom stereocenters. The molecule has 3 heterocycles. The Morgan fingerprint density at radius 3 is 2.11 bits per heavy atom. The molecule has 3 aromatic carbocycles. The molecule has 0 aliphatic carbocycles. The number of nitrogens with zero attached hydrogens (tertiary/aromatic N) is 5. The van der Waals surface area contributed by atoms with E-state index in [0.29, 0.717) is 18.7 Å². The van der Waals surface area contributed by atoms with Crippen molar-refractivity contribution < 1.29 is 13.9 Å². The van der Waals surface area contributed by atoms with Crippen molar-refractivity contribution in [2.24, 2.45) is 0 Å². The number of aromatic nitrogens is 1. The molecule has 7 nitrogen and oxygen atoms in total. The first kappa shape index (κ1) is 31.3. The quantitative estimate of drug-likeness (QED) is 0.226. The van der Waals surface area contributed by atoms with Crippen molar-refractivity contribution in [3.05, 3.63) is 94.9 Å². The van der Waals surface area contributed by atoms with E-state index in [1.54, 1.807) is 0 Å². The first-order valence-electron chi connectivity index (χ1n) is 16.4. The maximum atomic E-state index is 13.2. The van der Waals surface area contributed by atoms with Gasteiger partial charge in [0.15, 0.2) is 0 Å². The lowest BCUT2D eigenvalue weighted by Crippen LogP contribution is -2.49. The number of hydrogen-bond acceptors (Lipinski definition) is 5. The van der Waals surface area contributed by atoms with Gasteiger partial charge >= 0.3 is 0 Å². The molecule has 2 fully saturated rings. The Hall–Kier alpha value is -3.72. The molecule has 0 bridgehead atoms. The van der Waals surface area contributed by atoms with Crippen LogP contribution in [0.5, 0.6) is 11.5 Å². The number of fused-ring (bicyclic) bond motifs is 1. The van der Waals surface area contributed by atoms with E-state index in [-0.39, 0.29) is 11.7 Å². The van der Waals surface area contributed by atoms with Crippen LogP contribution >= 0.6 is 0 Å². The number of rotatable bonds is 10. The second-order valence-corrected chi connectivity index (χ2v) is 12.7. The van der Waals surface area contributed by atoms with Crippen LogP contribution in [0.15, 0.2) is 66.7 Å². The second-order valence-electron chi connectivity index (χ2n) is 12.7. The number of aryl methyl sites for hydroxylation is 2. The number of carbonyl (C=O) groups excluding carboxylic acids is 1. The summed E-state index contributed by atoms with van der Waals surface area (Å²) in [6.07, 6.45) is 2.02. The van der Waals surface area contributed by atoms with Crippen molar-refractivity contribution in [1.82, 2.24) is 24.2 Å². The molecule has 4 aromatic rings. The summed E-state index contributed by atoms with van der Waals surface area (Å²) in [7, 11) is 2.20. The first-order valence-corrected chi connectivity index (χ1v) is 16.4. The number of benzene rings is 3. The van der Waals surface area contributed by atoms with Gasteiger partial charge in [-0.05, 0) is 106 Å². The summed E-state index contributed by atoms with van der Waals surface area (Å²) >= 11 is 0. The van der Waals surface area contributed by atoms with Crippen LogP contribution in [0.2, 0.25) is 0 Å². The minimum Gasteiger partial charge on any atom is -0.457 e. The van der Waals surface area contributed by atoms with Crippen LogP contribution in [0.3, 0.4) is 0 Å². The van der Waals surface area contributed by atoms with Crippen molar-refractivity contribution >= 4 is 16.8 Å². The number of piperazine rings is 2. The maximum Gasteiger partial charge on any atom is 0.253 e. The highest BCUT2D eigenvalue weighted by Gasteiger charge is 2.22. The third-order valence-electron chi connectivity index (χ3n) is 9.69. The van der Waals surface area contributed by atoms with Crippen LogP contribution in [0.25, 0.3) is 10.9 Å². The molecule has 1 amide bonds. The van der Waals surface area contributed by atoms with Crippen molar-refractivity contribution in [2.75, 3.05) is 72.5 Å². The summed E-state index contributed by atoms with van der Waals surface area (Å²) in [5.74, 6) is 1.38. The minimum atomic E-state index is -0.203. The van der Waals surface area contributed by atoms with E-state index in [0.717, 1.165) is 88.8 Å². The predicted molar refractivity (Wildman–Crippen MR) is 179 cm³/mol. The van der Waals surface area contributed by atoms with Gasteiger partial charge < -0.3 is 24.0 Å². The van der Waals surface area contributed by atoms with Crippen molar-refractivity contribution in [3.8, 4) is 11.5 Å². The molecule has 0 radical (unpaired) electrons. The van der Waals surface area contributed by atoms with Gasteiger partial charge in [-0.15, -0.1) is 0 Å². The monoisotopic (exact) mass is 611 g/mol. The van der Waals surface area contributed by atoms with Gasteiger partial charge in [0.2, 0.25) is 0 Å². The van der Waals surface area contributed by atoms with Crippen LogP contribution in [0, 0.1) is 19.7 Å². The molecule has 0 spiro atoms. The van der Waals surface area contributed by atoms with Gasteiger partial charge in [0.05, 0.1) is 0 Å². The van der Waals surface area contributed by atoms with Crippen LogP contribution in [0.4, 0.5) is 4.39 Å². The molecule has 1 aromatic heterocycles. The lowest BCUT2D eigenvalue weighted by Gasteiger charge is -2.34. The zero-order valence-corrected chi connectivity index (χ0v) is 27.0. The van der Waals surface area contributed by atoms with Crippen LogP contribution in [-0.4, -0.2) is 103 Å². The smallest absolute Gasteiger partial charge is 0.253 e. The number of ether oxygens (including phenoxy) is 1. The van der Waals surface area contributed by atoms with Crippen molar-refractivity contribution in [3.63, 3.8) is 0 Å². The summed E-state index contributed by atoms with van der Waals surface area (Å²) in [5, 5.41) is 1.23. The molecule has 0 saturated carbocycles. The number of halogens is 1. The summed E-state index contributed by atoms with van der Waals surface area (Å²) in [5.41, 5.74) is 5.68. The molecular formula is C37H46FN5O2. The largest absolute Gasteiger partial charge is 0.457 e. The minimum absolute atomic E-state index is 0.0567. The molecule has 2 aliphatic heterocycles. The summed E-state index contributed by atoms with van der Waals surface area (Å²) in [4.78, 5) is 22.5. The fraction of sp³-hybridized carbons (Fsp3) is 0.432. The Labute approximate surface area is 266 Å². The van der Waals surface area contributed by atoms with Crippen LogP contribution in [0.1, 0.15) is 33.6 Å². The van der Waals surface area contributed by atoms with E-state index >= 15 is 0 Å². The number of hydrogen-bond donors (Lipinski definition) is 0. The summed E-state index contributed by atoms with van der Waals surface area (Å²) in [6.45, 7) is 15.2. The Morgan fingerprint density at radius 1 is 0.756 bits per heavy atom. The van der Waals surface area contributed by atoms with Gasteiger partial charge in [0, 0.05) is 87.6 Å². The molecule has 8 heteroatoms. The zero-order valence-electron chi connectivity index (χ0n) is 27.0. The van der Waals surface area contributed by atoms with E-state index in [1.165, 1.54) is 34.3 Å². The van der Waals surface area contributed by atoms with E-state index in [4.69, 9.17) is 4.74 Å². The summed E-state index contributed by atoms with van der Waals surface area (Å²) < 4.78 is 21.9. The van der Waals surface area contributed by atoms with Gasteiger partial charge in [0.1, 0.15) is 17.3 Å². The Morgan fingerprint density at radius 2 is 1.40 bits per heavy atom. The number of amides is 1. The van der Waals surface area contributed by atoms with Crippen molar-refractivity contribution in [2.45, 2.75) is 33.2 Å². The fourth-order valence-corrected chi connectivity index (χ4v) is 6.60. The van der Waals surface area contributed by atoms with Gasteiger partial charge in [-0.25, -0.2) is 4.39 Å².